The van der Waals surface area contributed by atoms with Crippen molar-refractivity contribution in [2.75, 3.05) is 6.54 Å². The highest BCUT2D eigenvalue weighted by Crippen LogP contribution is 2.44. The Morgan fingerprint density at radius 2 is 1.12 bits per heavy atom. The molecule has 7 rings (SSSR count). The molecule has 7 aromatic rings. The van der Waals surface area contributed by atoms with Gasteiger partial charge in [-0.2, -0.15) is 0 Å². The van der Waals surface area contributed by atoms with Crippen molar-refractivity contribution >= 4 is 60.7 Å². The summed E-state index contributed by atoms with van der Waals surface area (Å²) >= 11 is 0. The van der Waals surface area contributed by atoms with Gasteiger partial charge in [-0.25, -0.2) is 4.79 Å². The maximum absolute atomic E-state index is 13.8. The fourth-order valence-electron chi connectivity index (χ4n) is 7.40. The first-order chi connectivity index (χ1) is 23.2. The van der Waals surface area contributed by atoms with Gasteiger partial charge in [-0.1, -0.05) is 96.1 Å². The quantitative estimate of drug-likeness (QED) is 0.0895. The lowest BCUT2D eigenvalue weighted by molar-refractivity contribution is 0.0698. The molecule has 1 amide bonds. The number of benzene rings is 7. The standard InChI is InChI=1S/C43H37NO4/c1-25-7-4-9-28(23-25)11-6-12-37(45)34-18-15-32-30-14-13-27(3)38-35(42(46)44-22-21-29-10-5-8-26(2)24-29)19-16-31(39(30)38)33-17-20-36(43(47)48)41(34)40(32)33/h4-5,7-10,13-20,23-24H,6,11-12,21-22H2,1-3H3,(H,44,46)(H,47,48). The molecule has 238 valence electrons. The number of Topliss-reactive ketones (excluding diaryl/α,β-unsaturated/α-hetero) is 1. The third-order valence-electron chi connectivity index (χ3n) is 9.62. The molecule has 0 saturated carbocycles. The fraction of sp³-hybridized carbons (Fsp3) is 0.186. The van der Waals surface area contributed by atoms with Crippen LogP contribution in [0, 0.1) is 20.8 Å². The lowest BCUT2D eigenvalue weighted by atomic mass is 9.83. The predicted octanol–water partition coefficient (Wildman–Crippen LogP) is 9.54. The zero-order valence-corrected chi connectivity index (χ0v) is 27.4. The number of carboxylic acids is 1. The van der Waals surface area contributed by atoms with Crippen LogP contribution in [0.4, 0.5) is 0 Å². The number of ketones is 1. The van der Waals surface area contributed by atoms with E-state index in [1.807, 2.05) is 49.4 Å². The predicted molar refractivity (Wildman–Crippen MR) is 195 cm³/mol. The largest absolute Gasteiger partial charge is 0.478 e. The summed E-state index contributed by atoms with van der Waals surface area (Å²) in [4.78, 5) is 40.0. The van der Waals surface area contributed by atoms with Crippen molar-refractivity contribution in [3.05, 3.63) is 142 Å². The number of aryl methyl sites for hydroxylation is 4. The summed E-state index contributed by atoms with van der Waals surface area (Å²) in [6.07, 6.45) is 2.50. The minimum absolute atomic E-state index is 0.0635. The van der Waals surface area contributed by atoms with Crippen LogP contribution in [0.5, 0.6) is 0 Å². The van der Waals surface area contributed by atoms with Gasteiger partial charge in [-0.3, -0.25) is 9.59 Å². The molecular weight excluding hydrogens is 594 g/mol. The molecule has 48 heavy (non-hydrogen) atoms. The second-order valence-corrected chi connectivity index (χ2v) is 13.0. The van der Waals surface area contributed by atoms with Crippen LogP contribution in [0.25, 0.3) is 43.1 Å². The van der Waals surface area contributed by atoms with Gasteiger partial charge in [0.05, 0.1) is 5.56 Å². The van der Waals surface area contributed by atoms with Crippen LogP contribution in [0.2, 0.25) is 0 Å². The van der Waals surface area contributed by atoms with E-state index in [0.717, 1.165) is 56.1 Å². The van der Waals surface area contributed by atoms with Crippen molar-refractivity contribution in [1.82, 2.24) is 5.32 Å². The lowest BCUT2D eigenvalue weighted by Crippen LogP contribution is -2.26. The van der Waals surface area contributed by atoms with Crippen molar-refractivity contribution in [2.45, 2.75) is 46.5 Å². The van der Waals surface area contributed by atoms with Gasteiger partial charge in [0.25, 0.3) is 5.91 Å². The lowest BCUT2D eigenvalue weighted by Gasteiger charge is -2.20. The van der Waals surface area contributed by atoms with Crippen LogP contribution in [-0.4, -0.2) is 29.3 Å². The molecule has 0 saturated heterocycles. The summed E-state index contributed by atoms with van der Waals surface area (Å²) in [6.45, 7) is 6.66. The number of rotatable bonds is 10. The maximum atomic E-state index is 13.8. The normalized spacial score (nSPS) is 11.6. The highest BCUT2D eigenvalue weighted by atomic mass is 16.4. The van der Waals surface area contributed by atoms with Gasteiger partial charge in [0, 0.05) is 29.5 Å². The van der Waals surface area contributed by atoms with Crippen molar-refractivity contribution in [1.29, 1.82) is 0 Å². The topological polar surface area (TPSA) is 83.5 Å². The average Bonchev–Trinajstić information content (AvgIpc) is 3.07. The number of hydrogen-bond donors (Lipinski definition) is 2. The number of hydrogen-bond acceptors (Lipinski definition) is 3. The van der Waals surface area contributed by atoms with E-state index in [9.17, 15) is 19.5 Å². The first-order valence-corrected chi connectivity index (χ1v) is 16.5. The Kier molecular flexibility index (Phi) is 8.14. The molecule has 0 unspecified atom stereocenters. The number of carbonyl (C=O) groups excluding carboxylic acids is 2. The van der Waals surface area contributed by atoms with Gasteiger partial charge in [0.1, 0.15) is 0 Å². The molecule has 0 heterocycles. The molecule has 0 radical (unpaired) electrons. The van der Waals surface area contributed by atoms with E-state index in [-0.39, 0.29) is 17.3 Å². The van der Waals surface area contributed by atoms with E-state index in [1.54, 1.807) is 12.1 Å². The highest BCUT2D eigenvalue weighted by Gasteiger charge is 2.24. The van der Waals surface area contributed by atoms with E-state index >= 15 is 0 Å². The summed E-state index contributed by atoms with van der Waals surface area (Å²) in [5, 5.41) is 20.1. The highest BCUT2D eigenvalue weighted by molar-refractivity contribution is 6.37. The molecule has 5 heteroatoms. The smallest absolute Gasteiger partial charge is 0.336 e. The molecule has 7 aromatic carbocycles. The van der Waals surface area contributed by atoms with Crippen LogP contribution in [-0.2, 0) is 12.8 Å². The molecule has 0 aliphatic rings. The average molecular weight is 632 g/mol. The van der Waals surface area contributed by atoms with E-state index in [4.69, 9.17) is 0 Å². The second kappa shape index (κ2) is 12.6. The van der Waals surface area contributed by atoms with E-state index < -0.39 is 5.97 Å². The van der Waals surface area contributed by atoms with E-state index in [1.165, 1.54) is 22.3 Å². The Hall–Kier alpha value is -5.55. The summed E-state index contributed by atoms with van der Waals surface area (Å²) in [6, 6.07) is 31.7. The van der Waals surface area contributed by atoms with Gasteiger partial charge >= 0.3 is 5.97 Å². The number of nitrogens with one attached hydrogen (secondary N) is 1. The summed E-state index contributed by atoms with van der Waals surface area (Å²) in [7, 11) is 0. The first-order valence-electron chi connectivity index (χ1n) is 16.5. The SMILES string of the molecule is Cc1cccc(CCCC(=O)c2ccc3c4ccc(C)c5c(C(=O)NCCc6cccc(C)c6)ccc(c6ccc(C(=O)O)c2c63)c54)c1. The van der Waals surface area contributed by atoms with Crippen molar-refractivity contribution < 1.29 is 19.5 Å². The Balaban J connectivity index is 1.31. The van der Waals surface area contributed by atoms with E-state index in [2.05, 4.69) is 61.6 Å². The van der Waals surface area contributed by atoms with Crippen molar-refractivity contribution in [3.8, 4) is 0 Å². The Morgan fingerprint density at radius 3 is 1.73 bits per heavy atom. The minimum Gasteiger partial charge on any atom is -0.478 e. The monoisotopic (exact) mass is 631 g/mol. The Morgan fingerprint density at radius 1 is 0.583 bits per heavy atom. The van der Waals surface area contributed by atoms with Crippen LogP contribution in [0.15, 0.2) is 97.1 Å². The van der Waals surface area contributed by atoms with E-state index in [0.29, 0.717) is 35.9 Å². The van der Waals surface area contributed by atoms with Crippen molar-refractivity contribution in [2.24, 2.45) is 0 Å². The molecule has 2 N–H and O–H groups in total. The second-order valence-electron chi connectivity index (χ2n) is 13.0. The minimum atomic E-state index is -1.06. The van der Waals surface area contributed by atoms with Crippen LogP contribution >= 0.6 is 0 Å². The van der Waals surface area contributed by atoms with Crippen LogP contribution < -0.4 is 5.32 Å². The van der Waals surface area contributed by atoms with Crippen molar-refractivity contribution in [3.63, 3.8) is 0 Å². The Labute approximate surface area is 279 Å². The molecular formula is C43H37NO4. The number of fused-ring (bicyclic) bond motifs is 2. The van der Waals surface area contributed by atoms with Crippen LogP contribution in [0.3, 0.4) is 0 Å². The van der Waals surface area contributed by atoms with Gasteiger partial charge in [-0.05, 0) is 107 Å². The molecule has 0 spiro atoms. The first kappa shape index (κ1) is 31.1. The third kappa shape index (κ3) is 5.56. The maximum Gasteiger partial charge on any atom is 0.336 e. The zero-order chi connectivity index (χ0) is 33.5. The molecule has 0 aromatic heterocycles. The van der Waals surface area contributed by atoms with Gasteiger partial charge in [-0.15, -0.1) is 0 Å². The fourth-order valence-corrected chi connectivity index (χ4v) is 7.40. The van der Waals surface area contributed by atoms with Gasteiger partial charge < -0.3 is 10.4 Å². The Bertz CT molecular complexity index is 2380. The molecule has 0 aliphatic heterocycles. The number of amides is 1. The van der Waals surface area contributed by atoms with Crippen LogP contribution in [0.1, 0.15) is 71.7 Å². The number of carboxylic acid groups (broad SMARTS) is 1. The summed E-state index contributed by atoms with van der Waals surface area (Å²) in [5.41, 5.74) is 6.90. The number of carbonyl (C=O) groups is 3. The molecule has 0 fully saturated rings. The van der Waals surface area contributed by atoms with Gasteiger partial charge in [0.15, 0.2) is 5.78 Å². The molecule has 0 atom stereocenters. The number of aromatic carboxylic acids is 1. The summed E-state index contributed by atoms with van der Waals surface area (Å²) in [5.74, 6) is -1.25. The molecule has 0 aliphatic carbocycles. The zero-order valence-electron chi connectivity index (χ0n) is 27.4. The molecule has 5 nitrogen and oxygen atoms in total. The molecule has 0 bridgehead atoms. The van der Waals surface area contributed by atoms with Gasteiger partial charge in [0.2, 0.25) is 0 Å². The summed E-state index contributed by atoms with van der Waals surface area (Å²) < 4.78 is 0. The third-order valence-corrected chi connectivity index (χ3v) is 9.62.